The SMILES string of the molecule is FC(F)C1(c2nc(-c3ccc4ncccc4c3)no2)CC1. The fourth-order valence-corrected chi connectivity index (χ4v) is 2.42. The Morgan fingerprint density at radius 2 is 2.05 bits per heavy atom. The van der Waals surface area contributed by atoms with E-state index in [9.17, 15) is 8.78 Å². The molecule has 0 aliphatic heterocycles. The van der Waals surface area contributed by atoms with Gasteiger partial charge in [-0.3, -0.25) is 4.98 Å². The van der Waals surface area contributed by atoms with Crippen LogP contribution in [0.15, 0.2) is 41.1 Å². The molecular weight excluding hydrogens is 276 g/mol. The molecule has 2 heterocycles. The van der Waals surface area contributed by atoms with Gasteiger partial charge in [-0.05, 0) is 37.1 Å². The fourth-order valence-electron chi connectivity index (χ4n) is 2.42. The summed E-state index contributed by atoms with van der Waals surface area (Å²) in [6.45, 7) is 0. The number of hydrogen-bond acceptors (Lipinski definition) is 4. The van der Waals surface area contributed by atoms with E-state index in [1.807, 2.05) is 30.3 Å². The molecule has 1 fully saturated rings. The minimum absolute atomic E-state index is 0.0405. The normalized spacial score (nSPS) is 16.5. The molecule has 4 rings (SSSR count). The summed E-state index contributed by atoms with van der Waals surface area (Å²) >= 11 is 0. The number of hydrogen-bond donors (Lipinski definition) is 0. The summed E-state index contributed by atoms with van der Waals surface area (Å²) < 4.78 is 31.2. The van der Waals surface area contributed by atoms with Gasteiger partial charge in [0.1, 0.15) is 5.41 Å². The first-order valence-electron chi connectivity index (χ1n) is 6.66. The molecule has 0 unspecified atom stereocenters. The second kappa shape index (κ2) is 4.31. The van der Waals surface area contributed by atoms with Crippen molar-refractivity contribution in [2.24, 2.45) is 0 Å². The summed E-state index contributed by atoms with van der Waals surface area (Å²) in [5.74, 6) is 0.376. The molecule has 6 heteroatoms. The van der Waals surface area contributed by atoms with Crippen LogP contribution in [0.25, 0.3) is 22.3 Å². The van der Waals surface area contributed by atoms with Crippen molar-refractivity contribution >= 4 is 10.9 Å². The Balaban J connectivity index is 1.74. The van der Waals surface area contributed by atoms with E-state index in [2.05, 4.69) is 15.1 Å². The number of nitrogens with zero attached hydrogens (tertiary/aromatic N) is 3. The van der Waals surface area contributed by atoms with Gasteiger partial charge < -0.3 is 4.52 Å². The van der Waals surface area contributed by atoms with Crippen LogP contribution in [-0.2, 0) is 5.41 Å². The predicted molar refractivity (Wildman–Crippen MR) is 72.0 cm³/mol. The monoisotopic (exact) mass is 287 g/mol. The van der Waals surface area contributed by atoms with Gasteiger partial charge in [0.05, 0.1) is 5.52 Å². The second-order valence-electron chi connectivity index (χ2n) is 5.29. The molecule has 0 atom stereocenters. The molecule has 1 aliphatic rings. The van der Waals surface area contributed by atoms with Crippen LogP contribution in [0.5, 0.6) is 0 Å². The minimum atomic E-state index is -2.47. The number of halogens is 2. The van der Waals surface area contributed by atoms with E-state index in [1.54, 1.807) is 6.20 Å². The van der Waals surface area contributed by atoms with Crippen molar-refractivity contribution in [3.05, 3.63) is 42.4 Å². The first-order valence-corrected chi connectivity index (χ1v) is 6.66. The lowest BCUT2D eigenvalue weighted by molar-refractivity contribution is 0.0847. The van der Waals surface area contributed by atoms with Gasteiger partial charge in [0, 0.05) is 17.1 Å². The van der Waals surface area contributed by atoms with Crippen molar-refractivity contribution in [2.45, 2.75) is 24.7 Å². The molecule has 0 radical (unpaired) electrons. The average Bonchev–Trinajstić information content (AvgIpc) is 3.18. The molecule has 0 spiro atoms. The topological polar surface area (TPSA) is 51.8 Å². The van der Waals surface area contributed by atoms with Crippen LogP contribution in [0, 0.1) is 0 Å². The Kier molecular flexibility index (Phi) is 2.54. The first kappa shape index (κ1) is 12.4. The van der Waals surface area contributed by atoms with Crippen molar-refractivity contribution in [1.82, 2.24) is 15.1 Å². The van der Waals surface area contributed by atoms with E-state index >= 15 is 0 Å². The summed E-state index contributed by atoms with van der Waals surface area (Å²) in [4.78, 5) is 8.39. The van der Waals surface area contributed by atoms with Gasteiger partial charge in [-0.25, -0.2) is 8.78 Å². The van der Waals surface area contributed by atoms with Crippen LogP contribution in [0.3, 0.4) is 0 Å². The summed E-state index contributed by atoms with van der Waals surface area (Å²) in [7, 11) is 0. The molecule has 21 heavy (non-hydrogen) atoms. The van der Waals surface area contributed by atoms with Crippen LogP contribution >= 0.6 is 0 Å². The number of pyridine rings is 1. The highest BCUT2D eigenvalue weighted by molar-refractivity contribution is 5.82. The lowest BCUT2D eigenvalue weighted by Gasteiger charge is -2.06. The molecule has 2 aromatic heterocycles. The minimum Gasteiger partial charge on any atom is -0.338 e. The fraction of sp³-hybridized carbons (Fsp3) is 0.267. The maximum absolute atomic E-state index is 13.0. The molecule has 0 N–H and O–H groups in total. The number of fused-ring (bicyclic) bond motifs is 1. The third-order valence-electron chi connectivity index (χ3n) is 3.92. The average molecular weight is 287 g/mol. The van der Waals surface area contributed by atoms with Crippen LogP contribution < -0.4 is 0 Å². The van der Waals surface area contributed by atoms with Crippen molar-refractivity contribution in [3.8, 4) is 11.4 Å². The van der Waals surface area contributed by atoms with Crippen molar-refractivity contribution < 1.29 is 13.3 Å². The zero-order valence-electron chi connectivity index (χ0n) is 11.0. The van der Waals surface area contributed by atoms with E-state index < -0.39 is 11.8 Å². The highest BCUT2D eigenvalue weighted by atomic mass is 19.3. The molecule has 1 aromatic carbocycles. The van der Waals surface area contributed by atoms with Crippen molar-refractivity contribution in [2.75, 3.05) is 0 Å². The molecule has 0 amide bonds. The highest BCUT2D eigenvalue weighted by Gasteiger charge is 2.57. The van der Waals surface area contributed by atoms with E-state index in [1.165, 1.54) is 0 Å². The van der Waals surface area contributed by atoms with Gasteiger partial charge in [0.15, 0.2) is 0 Å². The Bertz CT molecular complexity index is 811. The van der Waals surface area contributed by atoms with Crippen LogP contribution in [-0.4, -0.2) is 21.6 Å². The smallest absolute Gasteiger partial charge is 0.252 e. The number of alkyl halides is 2. The van der Waals surface area contributed by atoms with Gasteiger partial charge >= 0.3 is 0 Å². The molecule has 0 bridgehead atoms. The lowest BCUT2D eigenvalue weighted by atomic mass is 10.1. The van der Waals surface area contributed by atoms with Crippen molar-refractivity contribution in [3.63, 3.8) is 0 Å². The summed E-state index contributed by atoms with van der Waals surface area (Å²) in [5, 5.41) is 4.78. The van der Waals surface area contributed by atoms with Crippen LogP contribution in [0.2, 0.25) is 0 Å². The third kappa shape index (κ3) is 1.90. The highest BCUT2D eigenvalue weighted by Crippen LogP contribution is 2.52. The maximum atomic E-state index is 13.0. The Morgan fingerprint density at radius 3 is 2.81 bits per heavy atom. The summed E-state index contributed by atoms with van der Waals surface area (Å²) in [5.41, 5.74) is 0.371. The van der Waals surface area contributed by atoms with Crippen LogP contribution in [0.1, 0.15) is 18.7 Å². The third-order valence-corrected chi connectivity index (χ3v) is 3.92. The Hall–Kier alpha value is -2.37. The quantitative estimate of drug-likeness (QED) is 0.738. The van der Waals surface area contributed by atoms with E-state index in [4.69, 9.17) is 4.52 Å². The summed E-state index contributed by atoms with van der Waals surface area (Å²) in [6, 6.07) is 9.30. The van der Waals surface area contributed by atoms with Crippen molar-refractivity contribution in [1.29, 1.82) is 0 Å². The zero-order chi connectivity index (χ0) is 14.4. The molecule has 106 valence electrons. The number of aromatic nitrogens is 3. The molecule has 0 saturated heterocycles. The van der Waals surface area contributed by atoms with E-state index in [-0.39, 0.29) is 5.89 Å². The molecule has 4 nitrogen and oxygen atoms in total. The van der Waals surface area contributed by atoms with E-state index in [0.29, 0.717) is 18.7 Å². The van der Waals surface area contributed by atoms with Gasteiger partial charge in [-0.2, -0.15) is 4.98 Å². The standard InChI is InChI=1S/C15H11F2N3O/c16-13(17)15(5-6-15)14-19-12(20-21-14)10-3-4-11-9(8-10)2-1-7-18-11/h1-4,7-8,13H,5-6H2. The van der Waals surface area contributed by atoms with Gasteiger partial charge in [0.2, 0.25) is 11.7 Å². The number of rotatable bonds is 3. The van der Waals surface area contributed by atoms with Gasteiger partial charge in [-0.15, -0.1) is 0 Å². The molecule has 1 aliphatic carbocycles. The lowest BCUT2D eigenvalue weighted by Crippen LogP contribution is -2.17. The largest absolute Gasteiger partial charge is 0.338 e. The zero-order valence-corrected chi connectivity index (χ0v) is 11.0. The molecule has 1 saturated carbocycles. The Morgan fingerprint density at radius 1 is 1.19 bits per heavy atom. The van der Waals surface area contributed by atoms with Gasteiger partial charge in [-0.1, -0.05) is 11.2 Å². The molecular formula is C15H11F2N3O. The first-order chi connectivity index (χ1) is 10.2. The maximum Gasteiger partial charge on any atom is 0.252 e. The molecule has 3 aromatic rings. The Labute approximate surface area is 118 Å². The second-order valence-corrected chi connectivity index (χ2v) is 5.29. The number of benzene rings is 1. The van der Waals surface area contributed by atoms with Gasteiger partial charge in [0.25, 0.3) is 6.43 Å². The van der Waals surface area contributed by atoms with Crippen LogP contribution in [0.4, 0.5) is 8.78 Å². The predicted octanol–water partition coefficient (Wildman–Crippen LogP) is 3.58. The van der Waals surface area contributed by atoms with E-state index in [0.717, 1.165) is 16.5 Å². The summed E-state index contributed by atoms with van der Waals surface area (Å²) in [6.07, 6.45) is 0.0436.